The third-order valence-electron chi connectivity index (χ3n) is 1.03. The molecular weight excluding hydrogens is 234 g/mol. The minimum absolute atomic E-state index is 0.0756. The van der Waals surface area contributed by atoms with E-state index in [9.17, 15) is 14.9 Å². The third-order valence-corrected chi connectivity index (χ3v) is 1.61. The first-order valence-corrected chi connectivity index (χ1v) is 3.45. The molecule has 0 bridgehead atoms. The first kappa shape index (κ1) is 8.65. The molecule has 0 fully saturated rings. The number of nitro groups is 1. The van der Waals surface area contributed by atoms with Crippen LogP contribution in [0.1, 0.15) is 10.5 Å². The van der Waals surface area contributed by atoms with Crippen LogP contribution in [0.5, 0.6) is 0 Å². The SMILES string of the molecule is O=C(O)c1nn([N+](=O)[O-])cc1Br. The number of carbonyl (C=O) groups is 1. The number of nitrogens with zero attached hydrogens (tertiary/aromatic N) is 3. The normalized spacial score (nSPS) is 9.75. The predicted molar refractivity (Wildman–Crippen MR) is 39.3 cm³/mol. The Bertz CT molecular complexity index is 346. The Morgan fingerprint density at radius 3 is 2.67 bits per heavy atom. The second kappa shape index (κ2) is 2.89. The van der Waals surface area contributed by atoms with Gasteiger partial charge in [0, 0.05) is 4.79 Å². The Kier molecular flexibility index (Phi) is 2.09. The van der Waals surface area contributed by atoms with Crippen LogP contribution in [-0.4, -0.2) is 26.0 Å². The van der Waals surface area contributed by atoms with Gasteiger partial charge in [-0.25, -0.2) is 4.79 Å². The van der Waals surface area contributed by atoms with E-state index in [-0.39, 0.29) is 10.2 Å². The van der Waals surface area contributed by atoms with E-state index in [0.717, 1.165) is 6.20 Å². The topological polar surface area (TPSA) is 98.3 Å². The monoisotopic (exact) mass is 235 g/mol. The van der Waals surface area contributed by atoms with Crippen LogP contribution < -0.4 is 0 Å². The second-order valence-electron chi connectivity index (χ2n) is 1.79. The fourth-order valence-electron chi connectivity index (χ4n) is 0.570. The smallest absolute Gasteiger partial charge is 0.384 e. The van der Waals surface area contributed by atoms with Gasteiger partial charge < -0.3 is 15.2 Å². The lowest BCUT2D eigenvalue weighted by molar-refractivity contribution is -0.552. The summed E-state index contributed by atoms with van der Waals surface area (Å²) in [7, 11) is 0. The maximum Gasteiger partial charge on any atom is 0.384 e. The molecule has 7 nitrogen and oxygen atoms in total. The predicted octanol–water partition coefficient (Wildman–Crippen LogP) is 0.384. The van der Waals surface area contributed by atoms with Gasteiger partial charge in [0.2, 0.25) is 0 Å². The zero-order chi connectivity index (χ0) is 9.30. The molecule has 0 spiro atoms. The molecule has 0 aliphatic carbocycles. The van der Waals surface area contributed by atoms with Crippen molar-refractivity contribution in [1.82, 2.24) is 9.89 Å². The molecular formula is C4H2BrN3O4. The van der Waals surface area contributed by atoms with Gasteiger partial charge in [-0.15, -0.1) is 0 Å². The lowest BCUT2D eigenvalue weighted by Crippen LogP contribution is -2.10. The number of hydrogen-bond donors (Lipinski definition) is 1. The van der Waals surface area contributed by atoms with E-state index in [1.165, 1.54) is 0 Å². The highest BCUT2D eigenvalue weighted by Crippen LogP contribution is 2.13. The number of carboxylic acids is 1. The molecule has 12 heavy (non-hydrogen) atoms. The van der Waals surface area contributed by atoms with E-state index in [0.29, 0.717) is 4.79 Å². The average molecular weight is 236 g/mol. The van der Waals surface area contributed by atoms with Gasteiger partial charge in [-0.2, -0.15) is 0 Å². The highest BCUT2D eigenvalue weighted by Gasteiger charge is 2.22. The fraction of sp³-hybridized carbons (Fsp3) is 0. The Morgan fingerprint density at radius 2 is 2.42 bits per heavy atom. The molecule has 0 unspecified atom stereocenters. The molecule has 1 aromatic heterocycles. The van der Waals surface area contributed by atoms with Crippen LogP contribution in [0.3, 0.4) is 0 Å². The largest absolute Gasteiger partial charge is 0.475 e. The highest BCUT2D eigenvalue weighted by molar-refractivity contribution is 9.10. The summed E-state index contributed by atoms with van der Waals surface area (Å²) in [5.41, 5.74) is -0.383. The fourth-order valence-corrected chi connectivity index (χ4v) is 1.00. The maximum absolute atomic E-state index is 10.3. The molecule has 64 valence electrons. The van der Waals surface area contributed by atoms with Gasteiger partial charge in [0.25, 0.3) is 0 Å². The van der Waals surface area contributed by atoms with Crippen molar-refractivity contribution in [2.24, 2.45) is 0 Å². The third kappa shape index (κ3) is 1.42. The highest BCUT2D eigenvalue weighted by atomic mass is 79.9. The van der Waals surface area contributed by atoms with Gasteiger partial charge in [-0.3, -0.25) is 0 Å². The zero-order valence-corrected chi connectivity index (χ0v) is 7.05. The number of aromatic nitrogens is 2. The molecule has 0 radical (unpaired) electrons. The van der Waals surface area contributed by atoms with Crippen LogP contribution in [0.2, 0.25) is 0 Å². The van der Waals surface area contributed by atoms with Crippen molar-refractivity contribution in [3.63, 3.8) is 0 Å². The molecule has 1 heterocycles. The van der Waals surface area contributed by atoms with Crippen molar-refractivity contribution in [3.8, 4) is 0 Å². The first-order chi connectivity index (χ1) is 5.52. The van der Waals surface area contributed by atoms with Crippen LogP contribution in [-0.2, 0) is 0 Å². The van der Waals surface area contributed by atoms with E-state index >= 15 is 0 Å². The van der Waals surface area contributed by atoms with Crippen molar-refractivity contribution in [3.05, 3.63) is 26.5 Å². The number of hydrogen-bond acceptors (Lipinski definition) is 4. The van der Waals surface area contributed by atoms with E-state index in [2.05, 4.69) is 21.0 Å². The summed E-state index contributed by atoms with van der Waals surface area (Å²) in [5, 5.41) is 20.9. The van der Waals surface area contributed by atoms with Crippen molar-refractivity contribution < 1.29 is 14.9 Å². The lowest BCUT2D eigenvalue weighted by Gasteiger charge is -1.86. The van der Waals surface area contributed by atoms with Crippen molar-refractivity contribution in [2.75, 3.05) is 0 Å². The Morgan fingerprint density at radius 1 is 1.83 bits per heavy atom. The second-order valence-corrected chi connectivity index (χ2v) is 2.64. The van der Waals surface area contributed by atoms with E-state index in [4.69, 9.17) is 5.11 Å². The summed E-state index contributed by atoms with van der Waals surface area (Å²) in [4.78, 5) is 20.7. The zero-order valence-electron chi connectivity index (χ0n) is 5.47. The quantitative estimate of drug-likeness (QED) is 0.591. The van der Waals surface area contributed by atoms with Gasteiger partial charge in [-0.1, -0.05) is 0 Å². The number of halogens is 1. The van der Waals surface area contributed by atoms with Crippen molar-refractivity contribution >= 4 is 21.9 Å². The van der Waals surface area contributed by atoms with Gasteiger partial charge in [-0.05, 0) is 15.9 Å². The molecule has 0 aliphatic heterocycles. The van der Waals surface area contributed by atoms with Gasteiger partial charge in [0.05, 0.1) is 10.1 Å². The number of rotatable bonds is 2. The summed E-state index contributed by atoms with van der Waals surface area (Å²) >= 11 is 2.82. The summed E-state index contributed by atoms with van der Waals surface area (Å²) in [5.74, 6) is -1.32. The van der Waals surface area contributed by atoms with Gasteiger partial charge in [0.15, 0.2) is 0 Å². The maximum atomic E-state index is 10.3. The molecule has 0 aromatic carbocycles. The van der Waals surface area contributed by atoms with Gasteiger partial charge >= 0.3 is 11.7 Å². The standard InChI is InChI=1S/C4H2BrN3O4/c5-2-1-7(8(11)12)6-3(2)4(9)10/h1H,(H,9,10). The molecule has 1 aromatic rings. The van der Waals surface area contributed by atoms with E-state index < -0.39 is 11.0 Å². The van der Waals surface area contributed by atoms with Crippen LogP contribution in [0.15, 0.2) is 10.7 Å². The summed E-state index contributed by atoms with van der Waals surface area (Å²) in [6.07, 6.45) is 0.962. The van der Waals surface area contributed by atoms with Crippen LogP contribution in [0.25, 0.3) is 0 Å². The van der Waals surface area contributed by atoms with E-state index in [1.807, 2.05) is 0 Å². The summed E-state index contributed by atoms with van der Waals surface area (Å²) < 4.78 is 0.0756. The molecule has 8 heteroatoms. The molecule has 0 saturated carbocycles. The Hall–Kier alpha value is -1.44. The van der Waals surface area contributed by atoms with E-state index in [1.54, 1.807) is 0 Å². The number of aromatic carboxylic acids is 1. The minimum atomic E-state index is -1.32. The Balaban J connectivity index is 3.17. The van der Waals surface area contributed by atoms with Crippen LogP contribution in [0.4, 0.5) is 0 Å². The summed E-state index contributed by atoms with van der Waals surface area (Å²) in [6.45, 7) is 0. The lowest BCUT2D eigenvalue weighted by atomic mass is 10.4. The average Bonchev–Trinajstić information content (AvgIpc) is 2.30. The van der Waals surface area contributed by atoms with Gasteiger partial charge in [0.1, 0.15) is 10.7 Å². The van der Waals surface area contributed by atoms with Crippen molar-refractivity contribution in [2.45, 2.75) is 0 Å². The van der Waals surface area contributed by atoms with Crippen LogP contribution >= 0.6 is 15.9 Å². The molecule has 0 atom stereocenters. The number of carboxylic acid groups (broad SMARTS) is 1. The minimum Gasteiger partial charge on any atom is -0.475 e. The van der Waals surface area contributed by atoms with Crippen LogP contribution in [0, 0.1) is 10.1 Å². The molecule has 0 aliphatic rings. The first-order valence-electron chi connectivity index (χ1n) is 2.65. The Labute approximate surface area is 73.8 Å². The molecule has 0 amide bonds. The summed E-state index contributed by atoms with van der Waals surface area (Å²) in [6, 6.07) is 0. The van der Waals surface area contributed by atoms with Crippen molar-refractivity contribution in [1.29, 1.82) is 0 Å². The molecule has 1 N–H and O–H groups in total. The molecule has 0 saturated heterocycles. The molecule has 1 rings (SSSR count).